The van der Waals surface area contributed by atoms with E-state index in [1.807, 2.05) is 0 Å². The number of aliphatic hydroxyl groups excluding tert-OH is 1. The number of hydrogen-bond donors (Lipinski definition) is 1. The number of aliphatic hydroxyl groups is 1. The number of hydrogen-bond acceptors (Lipinski definition) is 3. The second-order valence-electron chi connectivity index (χ2n) is 3.92. The fraction of sp³-hybridized carbons (Fsp3) is 0.417. The van der Waals surface area contributed by atoms with Crippen molar-refractivity contribution in [3.8, 4) is 0 Å². The highest BCUT2D eigenvalue weighted by atomic mass is 127. The van der Waals surface area contributed by atoms with Gasteiger partial charge in [-0.3, -0.25) is 4.79 Å². The third-order valence-corrected chi connectivity index (χ3v) is 3.48. The highest BCUT2D eigenvalue weighted by Gasteiger charge is 2.17. The van der Waals surface area contributed by atoms with Crippen molar-refractivity contribution in [2.75, 3.05) is 27.3 Å². The first-order chi connectivity index (χ1) is 8.45. The molecule has 1 atom stereocenters. The average molecular weight is 384 g/mol. The average Bonchev–Trinajstić information content (AvgIpc) is 2.28. The maximum atomic E-state index is 12.1. The molecule has 1 N–H and O–H groups in total. The van der Waals surface area contributed by atoms with Gasteiger partial charge in [0, 0.05) is 29.3 Å². The Hall–Kier alpha value is -0.370. The van der Waals surface area contributed by atoms with E-state index in [0.717, 1.165) is 3.57 Å². The molecular formula is C12H15ClINO3. The van der Waals surface area contributed by atoms with E-state index in [1.54, 1.807) is 25.2 Å². The molecule has 0 aliphatic heterocycles. The predicted octanol–water partition coefficient (Wildman–Crippen LogP) is 2.02. The molecule has 0 fully saturated rings. The van der Waals surface area contributed by atoms with Gasteiger partial charge in [-0.1, -0.05) is 11.6 Å². The summed E-state index contributed by atoms with van der Waals surface area (Å²) in [6, 6.07) is 5.09. The number of methoxy groups -OCH3 is 1. The summed E-state index contributed by atoms with van der Waals surface area (Å²) in [6.07, 6.45) is -0.686. The van der Waals surface area contributed by atoms with Crippen LogP contribution in [-0.2, 0) is 4.74 Å². The van der Waals surface area contributed by atoms with Crippen LogP contribution in [-0.4, -0.2) is 49.3 Å². The smallest absolute Gasteiger partial charge is 0.254 e. The number of nitrogens with zero attached hydrogens (tertiary/aromatic N) is 1. The molecule has 1 amide bonds. The lowest BCUT2D eigenvalue weighted by Crippen LogP contribution is -2.36. The summed E-state index contributed by atoms with van der Waals surface area (Å²) in [6.45, 7) is 0.431. The van der Waals surface area contributed by atoms with Crippen LogP contribution in [0, 0.1) is 3.57 Å². The minimum Gasteiger partial charge on any atom is -0.389 e. The molecule has 6 heteroatoms. The van der Waals surface area contributed by atoms with Gasteiger partial charge in [0.05, 0.1) is 18.3 Å². The van der Waals surface area contributed by atoms with Gasteiger partial charge < -0.3 is 14.7 Å². The quantitative estimate of drug-likeness (QED) is 0.792. The van der Waals surface area contributed by atoms with Crippen molar-refractivity contribution in [1.29, 1.82) is 0 Å². The molecule has 1 rings (SSSR count). The second-order valence-corrected chi connectivity index (χ2v) is 5.52. The van der Waals surface area contributed by atoms with E-state index in [9.17, 15) is 9.90 Å². The molecule has 1 aromatic rings. The third-order valence-electron chi connectivity index (χ3n) is 2.35. The van der Waals surface area contributed by atoms with Gasteiger partial charge in [-0.05, 0) is 40.8 Å². The number of carbonyl (C=O) groups is 1. The Labute approximate surface area is 125 Å². The van der Waals surface area contributed by atoms with Crippen molar-refractivity contribution >= 4 is 40.1 Å². The van der Waals surface area contributed by atoms with E-state index >= 15 is 0 Å². The summed E-state index contributed by atoms with van der Waals surface area (Å²) in [4.78, 5) is 13.6. The zero-order valence-electron chi connectivity index (χ0n) is 10.2. The van der Waals surface area contributed by atoms with Gasteiger partial charge in [0.25, 0.3) is 5.91 Å². The molecule has 0 radical (unpaired) electrons. The lowest BCUT2D eigenvalue weighted by atomic mass is 10.2. The van der Waals surface area contributed by atoms with Gasteiger partial charge >= 0.3 is 0 Å². The number of ether oxygens (including phenoxy) is 1. The van der Waals surface area contributed by atoms with Gasteiger partial charge in [0.2, 0.25) is 0 Å². The van der Waals surface area contributed by atoms with E-state index < -0.39 is 6.10 Å². The van der Waals surface area contributed by atoms with Crippen LogP contribution in [0.5, 0.6) is 0 Å². The number of likely N-dealkylation sites (N-methyl/N-ethyl adjacent to an activating group) is 1. The van der Waals surface area contributed by atoms with E-state index in [-0.39, 0.29) is 19.1 Å². The van der Waals surface area contributed by atoms with E-state index in [4.69, 9.17) is 16.3 Å². The Morgan fingerprint density at radius 2 is 2.28 bits per heavy atom. The zero-order valence-corrected chi connectivity index (χ0v) is 13.1. The number of halogens is 2. The van der Waals surface area contributed by atoms with Crippen LogP contribution in [0.3, 0.4) is 0 Å². The summed E-state index contributed by atoms with van der Waals surface area (Å²) >= 11 is 7.91. The largest absolute Gasteiger partial charge is 0.389 e. The maximum Gasteiger partial charge on any atom is 0.254 e. The molecule has 0 saturated carbocycles. The summed E-state index contributed by atoms with van der Waals surface area (Å²) in [5, 5.41) is 10.2. The van der Waals surface area contributed by atoms with Gasteiger partial charge in [-0.2, -0.15) is 0 Å². The van der Waals surface area contributed by atoms with Crippen molar-refractivity contribution < 1.29 is 14.6 Å². The minimum atomic E-state index is -0.686. The summed E-state index contributed by atoms with van der Waals surface area (Å²) in [5.41, 5.74) is 0.576. The number of amides is 1. The van der Waals surface area contributed by atoms with Gasteiger partial charge in [-0.15, -0.1) is 0 Å². The van der Waals surface area contributed by atoms with Crippen LogP contribution in [0.25, 0.3) is 0 Å². The second kappa shape index (κ2) is 7.28. The fourth-order valence-electron chi connectivity index (χ4n) is 1.51. The van der Waals surface area contributed by atoms with Crippen LogP contribution in [0.1, 0.15) is 10.4 Å². The molecule has 4 nitrogen and oxygen atoms in total. The molecule has 0 aliphatic rings. The Kier molecular flexibility index (Phi) is 6.34. The molecule has 0 saturated heterocycles. The fourth-order valence-corrected chi connectivity index (χ4v) is 2.61. The Morgan fingerprint density at radius 3 is 2.83 bits per heavy atom. The lowest BCUT2D eigenvalue weighted by Gasteiger charge is -2.21. The zero-order chi connectivity index (χ0) is 13.7. The van der Waals surface area contributed by atoms with Crippen LogP contribution >= 0.6 is 34.2 Å². The number of carbonyl (C=O) groups excluding carboxylic acids is 1. The van der Waals surface area contributed by atoms with E-state index in [2.05, 4.69) is 22.6 Å². The van der Waals surface area contributed by atoms with Crippen molar-refractivity contribution in [3.63, 3.8) is 0 Å². The monoisotopic (exact) mass is 383 g/mol. The lowest BCUT2D eigenvalue weighted by molar-refractivity contribution is 0.0380. The summed E-state index contributed by atoms with van der Waals surface area (Å²) in [5.74, 6) is -0.147. The molecule has 0 aromatic heterocycles. The van der Waals surface area contributed by atoms with E-state index in [1.165, 1.54) is 12.0 Å². The SMILES string of the molecule is COC[C@H](O)CN(C)C(=O)c1ccc(Cl)cc1I. The Balaban J connectivity index is 2.74. The summed E-state index contributed by atoms with van der Waals surface area (Å²) < 4.78 is 5.61. The molecule has 0 bridgehead atoms. The molecule has 0 spiro atoms. The highest BCUT2D eigenvalue weighted by molar-refractivity contribution is 14.1. The van der Waals surface area contributed by atoms with Crippen LogP contribution in [0.2, 0.25) is 5.02 Å². The highest BCUT2D eigenvalue weighted by Crippen LogP contribution is 2.19. The van der Waals surface area contributed by atoms with Gasteiger partial charge in [0.1, 0.15) is 0 Å². The first-order valence-electron chi connectivity index (χ1n) is 5.33. The van der Waals surface area contributed by atoms with Crippen molar-refractivity contribution in [3.05, 3.63) is 32.4 Å². The molecule has 0 unspecified atom stereocenters. The van der Waals surface area contributed by atoms with Crippen LogP contribution < -0.4 is 0 Å². The van der Waals surface area contributed by atoms with Crippen LogP contribution in [0.15, 0.2) is 18.2 Å². The van der Waals surface area contributed by atoms with Gasteiger partial charge in [0.15, 0.2) is 0 Å². The molecule has 0 aliphatic carbocycles. The topological polar surface area (TPSA) is 49.8 Å². The molecule has 100 valence electrons. The van der Waals surface area contributed by atoms with Crippen molar-refractivity contribution in [1.82, 2.24) is 4.90 Å². The van der Waals surface area contributed by atoms with Gasteiger partial charge in [-0.25, -0.2) is 0 Å². The molecule has 0 heterocycles. The van der Waals surface area contributed by atoms with E-state index in [0.29, 0.717) is 10.6 Å². The van der Waals surface area contributed by atoms with Crippen LogP contribution in [0.4, 0.5) is 0 Å². The Bertz CT molecular complexity index is 428. The molecule has 18 heavy (non-hydrogen) atoms. The first-order valence-corrected chi connectivity index (χ1v) is 6.79. The van der Waals surface area contributed by atoms with Crippen molar-refractivity contribution in [2.45, 2.75) is 6.10 Å². The normalized spacial score (nSPS) is 12.3. The predicted molar refractivity (Wildman–Crippen MR) is 79.0 cm³/mol. The maximum absolute atomic E-state index is 12.1. The standard InChI is InChI=1S/C12H15ClINO3/c1-15(6-9(16)7-18-2)12(17)10-4-3-8(13)5-11(10)14/h3-5,9,16H,6-7H2,1-2H3/t9-/m1/s1. The number of rotatable bonds is 5. The summed E-state index contributed by atoms with van der Waals surface area (Å²) in [7, 11) is 3.15. The minimum absolute atomic E-state index is 0.147. The Morgan fingerprint density at radius 1 is 1.61 bits per heavy atom. The first kappa shape index (κ1) is 15.7. The molecular weight excluding hydrogens is 368 g/mol. The number of benzene rings is 1. The van der Waals surface area contributed by atoms with Crippen molar-refractivity contribution in [2.24, 2.45) is 0 Å². The molecule has 1 aromatic carbocycles. The third kappa shape index (κ3) is 4.38.